The molecule has 0 radical (unpaired) electrons. The van der Waals surface area contributed by atoms with Gasteiger partial charge in [0.1, 0.15) is 30.1 Å². The number of nitrogens with two attached hydrogens (primary N) is 1. The van der Waals surface area contributed by atoms with Crippen LogP contribution in [0, 0.1) is 13.8 Å². The maximum absolute atomic E-state index is 13.2. The van der Waals surface area contributed by atoms with Crippen LogP contribution in [0.1, 0.15) is 60.5 Å². The standard InChI is InChI=1S/C21H21NO5.2C2H6/c1-12-9-14(10-13(2)21(12)26-8-7-22)20(25)19-15-5-3-4-6-16(15)27-17(19)11-18(23)24;2*1-2/h3-6,9-10H,7-8,11,22H2,1-2H3,(H,23,24);2*1-2H3. The molecular weight excluding hydrogens is 394 g/mol. The Kier molecular flexibility index (Phi) is 10.5. The van der Waals surface area contributed by atoms with E-state index in [1.54, 1.807) is 36.4 Å². The highest BCUT2D eigenvalue weighted by molar-refractivity contribution is 6.17. The normalized spacial score (nSPS) is 9.90. The third-order valence-electron chi connectivity index (χ3n) is 4.29. The molecule has 0 saturated carbocycles. The molecule has 0 amide bonds. The largest absolute Gasteiger partial charge is 0.492 e. The van der Waals surface area contributed by atoms with Crippen molar-refractivity contribution >= 4 is 22.7 Å². The van der Waals surface area contributed by atoms with E-state index in [1.165, 1.54) is 0 Å². The fraction of sp³-hybridized carbons (Fsp3) is 0.360. The molecule has 0 aliphatic heterocycles. The lowest BCUT2D eigenvalue weighted by Crippen LogP contribution is -2.13. The first-order chi connectivity index (χ1) is 14.9. The van der Waals surface area contributed by atoms with Gasteiger partial charge in [0.25, 0.3) is 0 Å². The number of aliphatic carboxylic acids is 1. The smallest absolute Gasteiger partial charge is 0.311 e. The van der Waals surface area contributed by atoms with E-state index in [4.69, 9.17) is 14.9 Å². The van der Waals surface area contributed by atoms with Crippen LogP contribution in [0.15, 0.2) is 40.8 Å². The Morgan fingerprint density at radius 3 is 2.16 bits per heavy atom. The van der Waals surface area contributed by atoms with E-state index in [0.717, 1.165) is 11.1 Å². The van der Waals surface area contributed by atoms with Crippen LogP contribution in [0.2, 0.25) is 0 Å². The van der Waals surface area contributed by atoms with Gasteiger partial charge in [-0.05, 0) is 43.2 Å². The Labute approximate surface area is 184 Å². The Morgan fingerprint density at radius 1 is 1.03 bits per heavy atom. The number of carbonyl (C=O) groups is 2. The fourth-order valence-corrected chi connectivity index (χ4v) is 3.22. The first-order valence-electron chi connectivity index (χ1n) is 10.6. The highest BCUT2D eigenvalue weighted by atomic mass is 16.5. The second-order valence-electron chi connectivity index (χ2n) is 6.37. The number of rotatable bonds is 7. The summed E-state index contributed by atoms with van der Waals surface area (Å²) in [5.74, 6) is -0.457. The summed E-state index contributed by atoms with van der Waals surface area (Å²) in [6.45, 7) is 12.5. The van der Waals surface area contributed by atoms with Gasteiger partial charge in [-0.3, -0.25) is 9.59 Å². The summed E-state index contributed by atoms with van der Waals surface area (Å²) >= 11 is 0. The SMILES string of the molecule is CC.CC.Cc1cc(C(=O)c2c(CC(=O)O)oc3ccccc23)cc(C)c1OCCN. The van der Waals surface area contributed by atoms with Crippen LogP contribution < -0.4 is 10.5 Å². The van der Waals surface area contributed by atoms with Gasteiger partial charge in [0.05, 0.1) is 5.56 Å². The molecule has 168 valence electrons. The zero-order valence-electron chi connectivity index (χ0n) is 19.2. The third kappa shape index (κ3) is 6.18. The molecule has 3 N–H and O–H groups in total. The summed E-state index contributed by atoms with van der Waals surface area (Å²) < 4.78 is 11.3. The number of hydrogen-bond donors (Lipinski definition) is 2. The van der Waals surface area contributed by atoms with Crippen molar-refractivity contribution in [1.82, 2.24) is 0 Å². The number of aryl methyl sites for hydroxylation is 2. The molecule has 0 aliphatic carbocycles. The molecule has 0 bridgehead atoms. The summed E-state index contributed by atoms with van der Waals surface area (Å²) in [6.07, 6.45) is -0.356. The topological polar surface area (TPSA) is 103 Å². The molecule has 3 rings (SSSR count). The maximum Gasteiger partial charge on any atom is 0.311 e. The van der Waals surface area contributed by atoms with Crippen LogP contribution >= 0.6 is 0 Å². The van der Waals surface area contributed by atoms with Gasteiger partial charge >= 0.3 is 5.97 Å². The first-order valence-corrected chi connectivity index (χ1v) is 10.6. The molecule has 0 fully saturated rings. The van der Waals surface area contributed by atoms with Crippen molar-refractivity contribution in [1.29, 1.82) is 0 Å². The van der Waals surface area contributed by atoms with Gasteiger partial charge in [-0.25, -0.2) is 0 Å². The number of fused-ring (bicyclic) bond motifs is 1. The number of carboxylic acid groups (broad SMARTS) is 1. The number of benzene rings is 2. The van der Waals surface area contributed by atoms with Gasteiger partial charge in [-0.1, -0.05) is 45.9 Å². The van der Waals surface area contributed by atoms with Crippen molar-refractivity contribution in [3.63, 3.8) is 0 Å². The first kappa shape index (κ1) is 25.9. The van der Waals surface area contributed by atoms with Crippen LogP contribution in [0.5, 0.6) is 5.75 Å². The highest BCUT2D eigenvalue weighted by Crippen LogP contribution is 2.31. The van der Waals surface area contributed by atoms with E-state index in [0.29, 0.717) is 41.0 Å². The van der Waals surface area contributed by atoms with E-state index >= 15 is 0 Å². The molecule has 0 aliphatic rings. The van der Waals surface area contributed by atoms with Crippen LogP contribution in [0.4, 0.5) is 0 Å². The summed E-state index contributed by atoms with van der Waals surface area (Å²) in [7, 11) is 0. The van der Waals surface area contributed by atoms with Crippen LogP contribution in [0.25, 0.3) is 11.0 Å². The molecule has 0 spiro atoms. The van der Waals surface area contributed by atoms with Crippen molar-refractivity contribution < 1.29 is 23.8 Å². The zero-order valence-corrected chi connectivity index (χ0v) is 19.2. The molecule has 1 aromatic heterocycles. The Morgan fingerprint density at radius 2 is 1.61 bits per heavy atom. The fourth-order valence-electron chi connectivity index (χ4n) is 3.22. The average Bonchev–Trinajstić information content (AvgIpc) is 3.12. The molecule has 0 atom stereocenters. The van der Waals surface area contributed by atoms with Crippen LogP contribution in [0.3, 0.4) is 0 Å². The summed E-state index contributed by atoms with van der Waals surface area (Å²) in [5.41, 5.74) is 8.38. The quantitative estimate of drug-likeness (QED) is 0.496. The van der Waals surface area contributed by atoms with Crippen molar-refractivity contribution in [3.8, 4) is 5.75 Å². The van der Waals surface area contributed by atoms with Crippen molar-refractivity contribution in [2.45, 2.75) is 48.0 Å². The van der Waals surface area contributed by atoms with E-state index in [2.05, 4.69) is 0 Å². The maximum atomic E-state index is 13.2. The van der Waals surface area contributed by atoms with E-state index in [1.807, 2.05) is 41.5 Å². The number of hydrogen-bond acceptors (Lipinski definition) is 5. The summed E-state index contributed by atoms with van der Waals surface area (Å²) in [4.78, 5) is 24.5. The molecule has 6 heteroatoms. The van der Waals surface area contributed by atoms with Crippen molar-refractivity contribution in [2.75, 3.05) is 13.2 Å². The number of ether oxygens (including phenoxy) is 1. The Hall–Kier alpha value is -3.12. The van der Waals surface area contributed by atoms with Crippen LogP contribution in [-0.2, 0) is 11.2 Å². The Balaban J connectivity index is 0.00000113. The van der Waals surface area contributed by atoms with Gasteiger partial charge in [-0.15, -0.1) is 0 Å². The average molecular weight is 428 g/mol. The molecular formula is C25H33NO5. The Bertz CT molecular complexity index is 997. The molecule has 3 aromatic rings. The lowest BCUT2D eigenvalue weighted by Gasteiger charge is -2.13. The highest BCUT2D eigenvalue weighted by Gasteiger charge is 2.24. The van der Waals surface area contributed by atoms with Crippen molar-refractivity contribution in [3.05, 3.63) is 64.4 Å². The number of ketones is 1. The monoisotopic (exact) mass is 427 g/mol. The minimum atomic E-state index is -1.05. The summed E-state index contributed by atoms with van der Waals surface area (Å²) in [5, 5.41) is 9.79. The molecule has 2 aromatic carbocycles. The molecule has 31 heavy (non-hydrogen) atoms. The number of carboxylic acids is 1. The molecule has 6 nitrogen and oxygen atoms in total. The molecule has 0 unspecified atom stereocenters. The van der Waals surface area contributed by atoms with E-state index in [-0.39, 0.29) is 18.0 Å². The van der Waals surface area contributed by atoms with Crippen molar-refractivity contribution in [2.24, 2.45) is 5.73 Å². The van der Waals surface area contributed by atoms with E-state index in [9.17, 15) is 14.7 Å². The lowest BCUT2D eigenvalue weighted by atomic mass is 9.96. The molecule has 1 heterocycles. The number of carbonyl (C=O) groups excluding carboxylic acids is 1. The van der Waals surface area contributed by atoms with Gasteiger partial charge in [0.2, 0.25) is 0 Å². The minimum Gasteiger partial charge on any atom is -0.492 e. The third-order valence-corrected chi connectivity index (χ3v) is 4.29. The second-order valence-corrected chi connectivity index (χ2v) is 6.37. The van der Waals surface area contributed by atoms with Gasteiger partial charge in [0, 0.05) is 17.5 Å². The second kappa shape index (κ2) is 12.5. The lowest BCUT2D eigenvalue weighted by molar-refractivity contribution is -0.136. The predicted octanol–water partition coefficient (Wildman–Crippen LogP) is 5.30. The van der Waals surface area contributed by atoms with Gasteiger partial charge < -0.3 is 20.0 Å². The molecule has 0 saturated heterocycles. The van der Waals surface area contributed by atoms with Gasteiger partial charge in [-0.2, -0.15) is 0 Å². The van der Waals surface area contributed by atoms with E-state index < -0.39 is 5.97 Å². The zero-order chi connectivity index (χ0) is 23.6. The minimum absolute atomic E-state index is 0.160. The predicted molar refractivity (Wildman–Crippen MR) is 124 cm³/mol. The van der Waals surface area contributed by atoms with Gasteiger partial charge in [0.15, 0.2) is 5.78 Å². The summed E-state index contributed by atoms with van der Waals surface area (Å²) in [6, 6.07) is 10.5. The number of furan rings is 1. The van der Waals surface area contributed by atoms with Crippen LogP contribution in [-0.4, -0.2) is 30.0 Å². The number of para-hydroxylation sites is 1.